The number of esters is 1. The van der Waals surface area contributed by atoms with E-state index >= 15 is 0 Å². The summed E-state index contributed by atoms with van der Waals surface area (Å²) in [5.41, 5.74) is 1.83. The van der Waals surface area contributed by atoms with Crippen molar-refractivity contribution in [1.82, 2.24) is 5.16 Å². The van der Waals surface area contributed by atoms with E-state index in [2.05, 4.69) is 5.16 Å². The maximum absolute atomic E-state index is 12.1. The van der Waals surface area contributed by atoms with Gasteiger partial charge in [-0.15, -0.1) is 0 Å². The number of carbonyl (C=O) groups excluding carboxylic acids is 1. The lowest BCUT2D eigenvalue weighted by atomic mass is 10.2. The van der Waals surface area contributed by atoms with Crippen LogP contribution in [0.2, 0.25) is 5.02 Å². The SMILES string of the molecule is CCOc1ccc(C(=O)OCc2cc(-c3ccc(Cl)cc3)on2)cc1. The lowest BCUT2D eigenvalue weighted by Gasteiger charge is -2.05. The van der Waals surface area contributed by atoms with Crippen molar-refractivity contribution in [3.63, 3.8) is 0 Å². The maximum Gasteiger partial charge on any atom is 0.338 e. The number of benzene rings is 2. The molecule has 0 N–H and O–H groups in total. The molecule has 3 rings (SSSR count). The molecule has 1 aromatic heterocycles. The highest BCUT2D eigenvalue weighted by Gasteiger charge is 2.11. The van der Waals surface area contributed by atoms with E-state index in [0.29, 0.717) is 34.4 Å². The molecule has 0 fully saturated rings. The van der Waals surface area contributed by atoms with E-state index in [1.54, 1.807) is 42.5 Å². The van der Waals surface area contributed by atoms with Crippen molar-refractivity contribution in [2.45, 2.75) is 13.5 Å². The highest BCUT2D eigenvalue weighted by Crippen LogP contribution is 2.22. The van der Waals surface area contributed by atoms with Crippen molar-refractivity contribution in [3.05, 3.63) is 70.9 Å². The van der Waals surface area contributed by atoms with Crippen LogP contribution in [-0.2, 0) is 11.3 Å². The number of carbonyl (C=O) groups is 1. The van der Waals surface area contributed by atoms with Gasteiger partial charge >= 0.3 is 5.97 Å². The fraction of sp³-hybridized carbons (Fsp3) is 0.158. The topological polar surface area (TPSA) is 61.6 Å². The van der Waals surface area contributed by atoms with Crippen LogP contribution >= 0.6 is 11.6 Å². The zero-order valence-electron chi connectivity index (χ0n) is 13.6. The Kier molecular flexibility index (Phi) is 5.36. The second kappa shape index (κ2) is 7.85. The Hall–Kier alpha value is -2.79. The van der Waals surface area contributed by atoms with E-state index in [-0.39, 0.29) is 6.61 Å². The van der Waals surface area contributed by atoms with E-state index < -0.39 is 5.97 Å². The highest BCUT2D eigenvalue weighted by molar-refractivity contribution is 6.30. The zero-order valence-corrected chi connectivity index (χ0v) is 14.3. The van der Waals surface area contributed by atoms with Gasteiger partial charge in [-0.05, 0) is 55.5 Å². The number of hydrogen-bond donors (Lipinski definition) is 0. The molecule has 25 heavy (non-hydrogen) atoms. The Bertz CT molecular complexity index is 841. The molecule has 0 spiro atoms. The van der Waals surface area contributed by atoms with Crippen LogP contribution in [0, 0.1) is 0 Å². The number of halogens is 1. The standard InChI is InChI=1S/C19H16ClNO4/c1-2-23-17-9-5-14(6-10-17)19(22)24-12-16-11-18(25-21-16)13-3-7-15(20)8-4-13/h3-11H,2,12H2,1H3. The molecule has 0 unspecified atom stereocenters. The predicted molar refractivity (Wildman–Crippen MR) is 93.7 cm³/mol. The molecular weight excluding hydrogens is 342 g/mol. The van der Waals surface area contributed by atoms with Crippen LogP contribution in [0.25, 0.3) is 11.3 Å². The Labute approximate surface area is 150 Å². The van der Waals surface area contributed by atoms with Crippen LogP contribution in [0.15, 0.2) is 59.1 Å². The van der Waals surface area contributed by atoms with Crippen molar-refractivity contribution in [3.8, 4) is 17.1 Å². The molecule has 1 heterocycles. The fourth-order valence-corrected chi connectivity index (χ4v) is 2.33. The van der Waals surface area contributed by atoms with E-state index in [1.807, 2.05) is 19.1 Å². The Balaban J connectivity index is 1.60. The first-order chi connectivity index (χ1) is 12.2. The summed E-state index contributed by atoms with van der Waals surface area (Å²) < 4.78 is 15.9. The van der Waals surface area contributed by atoms with Crippen LogP contribution < -0.4 is 4.74 Å². The van der Waals surface area contributed by atoms with Gasteiger partial charge in [-0.25, -0.2) is 4.79 Å². The molecule has 128 valence electrons. The van der Waals surface area contributed by atoms with Gasteiger partial charge in [0.2, 0.25) is 0 Å². The smallest absolute Gasteiger partial charge is 0.338 e. The van der Waals surface area contributed by atoms with Crippen LogP contribution in [0.5, 0.6) is 5.75 Å². The quantitative estimate of drug-likeness (QED) is 0.596. The maximum atomic E-state index is 12.1. The van der Waals surface area contributed by atoms with E-state index in [4.69, 9.17) is 25.6 Å². The van der Waals surface area contributed by atoms with Crippen molar-refractivity contribution in [2.24, 2.45) is 0 Å². The largest absolute Gasteiger partial charge is 0.494 e. The summed E-state index contributed by atoms with van der Waals surface area (Å²) in [5, 5.41) is 4.56. The molecule has 6 heteroatoms. The third kappa shape index (κ3) is 4.39. The first-order valence-corrected chi connectivity index (χ1v) is 8.15. The molecular formula is C19H16ClNO4. The molecule has 0 atom stereocenters. The van der Waals surface area contributed by atoms with Crippen LogP contribution in [0.4, 0.5) is 0 Å². The summed E-state index contributed by atoms with van der Waals surface area (Å²) in [7, 11) is 0. The molecule has 0 bridgehead atoms. The molecule has 3 aromatic rings. The van der Waals surface area contributed by atoms with Crippen molar-refractivity contribution >= 4 is 17.6 Å². The molecule has 0 aliphatic carbocycles. The molecule has 0 radical (unpaired) electrons. The summed E-state index contributed by atoms with van der Waals surface area (Å²) in [6.45, 7) is 2.51. The van der Waals surface area contributed by atoms with Crippen LogP contribution in [0.3, 0.4) is 0 Å². The van der Waals surface area contributed by atoms with Gasteiger partial charge in [0.15, 0.2) is 5.76 Å². The van der Waals surface area contributed by atoms with Crippen LogP contribution in [0.1, 0.15) is 23.0 Å². The predicted octanol–water partition coefficient (Wildman–Crippen LogP) is 4.75. The molecule has 5 nitrogen and oxygen atoms in total. The van der Waals surface area contributed by atoms with Gasteiger partial charge in [-0.3, -0.25) is 0 Å². The van der Waals surface area contributed by atoms with Gasteiger partial charge in [0.25, 0.3) is 0 Å². The van der Waals surface area contributed by atoms with Gasteiger partial charge in [0.1, 0.15) is 18.1 Å². The number of nitrogens with zero attached hydrogens (tertiary/aromatic N) is 1. The minimum Gasteiger partial charge on any atom is -0.494 e. The summed E-state index contributed by atoms with van der Waals surface area (Å²) in [6.07, 6.45) is 0. The molecule has 2 aromatic carbocycles. The molecule has 0 saturated heterocycles. The van der Waals surface area contributed by atoms with Gasteiger partial charge < -0.3 is 14.0 Å². The highest BCUT2D eigenvalue weighted by atomic mass is 35.5. The van der Waals surface area contributed by atoms with Gasteiger partial charge in [-0.1, -0.05) is 16.8 Å². The third-order valence-electron chi connectivity index (χ3n) is 3.44. The first kappa shape index (κ1) is 17.0. The summed E-state index contributed by atoms with van der Waals surface area (Å²) in [4.78, 5) is 12.1. The van der Waals surface area contributed by atoms with Crippen molar-refractivity contribution in [2.75, 3.05) is 6.61 Å². The van der Waals surface area contributed by atoms with E-state index in [0.717, 1.165) is 5.56 Å². The van der Waals surface area contributed by atoms with Gasteiger partial charge in [0.05, 0.1) is 12.2 Å². The summed E-state index contributed by atoms with van der Waals surface area (Å²) in [5.74, 6) is 0.867. The zero-order chi connectivity index (χ0) is 17.6. The average molecular weight is 358 g/mol. The fourth-order valence-electron chi connectivity index (χ4n) is 2.21. The second-order valence-corrected chi connectivity index (χ2v) is 5.66. The summed E-state index contributed by atoms with van der Waals surface area (Å²) in [6, 6.07) is 15.7. The molecule has 0 amide bonds. The Morgan fingerprint density at radius 2 is 1.84 bits per heavy atom. The minimum absolute atomic E-state index is 0.0309. The van der Waals surface area contributed by atoms with Crippen molar-refractivity contribution < 1.29 is 18.8 Å². The number of hydrogen-bond acceptors (Lipinski definition) is 5. The number of aromatic nitrogens is 1. The lowest BCUT2D eigenvalue weighted by molar-refractivity contribution is 0.0464. The Morgan fingerprint density at radius 1 is 1.12 bits per heavy atom. The lowest BCUT2D eigenvalue weighted by Crippen LogP contribution is -2.05. The Morgan fingerprint density at radius 3 is 2.52 bits per heavy atom. The van der Waals surface area contributed by atoms with Gasteiger partial charge in [0, 0.05) is 16.7 Å². The molecule has 0 saturated carbocycles. The summed E-state index contributed by atoms with van der Waals surface area (Å²) >= 11 is 5.86. The molecule has 0 aliphatic heterocycles. The van der Waals surface area contributed by atoms with E-state index in [9.17, 15) is 4.79 Å². The first-order valence-electron chi connectivity index (χ1n) is 7.77. The third-order valence-corrected chi connectivity index (χ3v) is 3.69. The van der Waals surface area contributed by atoms with E-state index in [1.165, 1.54) is 0 Å². The number of ether oxygens (including phenoxy) is 2. The van der Waals surface area contributed by atoms with Gasteiger partial charge in [-0.2, -0.15) is 0 Å². The second-order valence-electron chi connectivity index (χ2n) is 5.22. The van der Waals surface area contributed by atoms with Crippen molar-refractivity contribution in [1.29, 1.82) is 0 Å². The normalized spacial score (nSPS) is 10.5. The number of rotatable bonds is 6. The monoisotopic (exact) mass is 357 g/mol. The van der Waals surface area contributed by atoms with Crippen LogP contribution in [-0.4, -0.2) is 17.7 Å². The minimum atomic E-state index is -0.431. The molecule has 0 aliphatic rings. The average Bonchev–Trinajstić information content (AvgIpc) is 3.10.